The molecular formula is C15H14BrNO2. The van der Waals surface area contributed by atoms with E-state index < -0.39 is 0 Å². The maximum absolute atomic E-state index is 12.1. The number of carbonyl (C=O) groups is 1. The molecule has 0 fully saturated rings. The van der Waals surface area contributed by atoms with E-state index in [1.165, 1.54) is 17.4 Å². The number of amides is 1. The molecule has 0 radical (unpaired) electrons. The summed E-state index contributed by atoms with van der Waals surface area (Å²) in [5.41, 5.74) is 3.29. The van der Waals surface area contributed by atoms with Crippen molar-refractivity contribution in [2.24, 2.45) is 0 Å². The van der Waals surface area contributed by atoms with Crippen molar-refractivity contribution in [2.45, 2.75) is 25.3 Å². The molecule has 2 aromatic rings. The summed E-state index contributed by atoms with van der Waals surface area (Å²) >= 11 is 3.23. The number of aryl methyl sites for hydroxylation is 1. The van der Waals surface area contributed by atoms with Gasteiger partial charge in [0, 0.05) is 6.04 Å². The van der Waals surface area contributed by atoms with Crippen LogP contribution in [0.5, 0.6) is 0 Å². The van der Waals surface area contributed by atoms with Crippen molar-refractivity contribution in [3.05, 3.63) is 58.0 Å². The minimum Gasteiger partial charge on any atom is -0.457 e. The van der Waals surface area contributed by atoms with Crippen LogP contribution in [-0.4, -0.2) is 11.9 Å². The fraction of sp³-hybridized carbons (Fsp3) is 0.267. The molecular weight excluding hydrogens is 306 g/mol. The molecule has 19 heavy (non-hydrogen) atoms. The van der Waals surface area contributed by atoms with E-state index in [9.17, 15) is 4.79 Å². The normalized spacial score (nSPS) is 17.8. The van der Waals surface area contributed by atoms with Gasteiger partial charge in [-0.2, -0.15) is 0 Å². The predicted octanol–water partition coefficient (Wildman–Crippen LogP) is 3.33. The zero-order valence-electron chi connectivity index (χ0n) is 10.4. The van der Waals surface area contributed by atoms with E-state index in [0.29, 0.717) is 10.2 Å². The van der Waals surface area contributed by atoms with Gasteiger partial charge >= 0.3 is 0 Å². The van der Waals surface area contributed by atoms with Crippen LogP contribution in [0.2, 0.25) is 0 Å². The summed E-state index contributed by atoms with van der Waals surface area (Å²) in [6.45, 7) is 0. The van der Waals surface area contributed by atoms with E-state index >= 15 is 0 Å². The summed E-state index contributed by atoms with van der Waals surface area (Å²) in [6.07, 6.45) is 4.42. The van der Waals surface area contributed by atoms with Crippen LogP contribution in [0.15, 0.2) is 45.7 Å². The van der Waals surface area contributed by atoms with Crippen molar-refractivity contribution >= 4 is 21.8 Å². The van der Waals surface area contributed by atoms with E-state index in [2.05, 4.69) is 45.5 Å². The van der Waals surface area contributed by atoms with Gasteiger partial charge in [0.15, 0.2) is 4.67 Å². The summed E-state index contributed by atoms with van der Waals surface area (Å²) in [5, 5.41) is 3.07. The van der Waals surface area contributed by atoms with Crippen LogP contribution < -0.4 is 5.32 Å². The molecule has 0 aliphatic heterocycles. The van der Waals surface area contributed by atoms with Crippen LogP contribution >= 0.6 is 15.9 Å². The fourth-order valence-electron chi connectivity index (χ4n) is 2.54. The molecule has 1 atom stereocenters. The Balaban J connectivity index is 1.70. The smallest absolute Gasteiger partial charge is 0.255 e. The third-order valence-corrected chi connectivity index (χ3v) is 4.16. The Morgan fingerprint density at radius 3 is 2.79 bits per heavy atom. The molecule has 0 saturated heterocycles. The summed E-state index contributed by atoms with van der Waals surface area (Å²) in [6, 6.07) is 10.3. The molecule has 1 aliphatic rings. The van der Waals surface area contributed by atoms with Gasteiger partial charge < -0.3 is 9.73 Å². The first kappa shape index (κ1) is 12.5. The molecule has 0 spiro atoms. The highest BCUT2D eigenvalue weighted by Crippen LogP contribution is 2.22. The Morgan fingerprint density at radius 1 is 1.26 bits per heavy atom. The highest BCUT2D eigenvalue weighted by Gasteiger charge is 2.21. The average Bonchev–Trinajstić information content (AvgIpc) is 2.85. The Hall–Kier alpha value is -1.55. The van der Waals surface area contributed by atoms with Crippen LogP contribution in [-0.2, 0) is 12.8 Å². The van der Waals surface area contributed by atoms with Gasteiger partial charge in [0.25, 0.3) is 5.91 Å². The Kier molecular flexibility index (Phi) is 3.42. The van der Waals surface area contributed by atoms with E-state index in [4.69, 9.17) is 4.42 Å². The quantitative estimate of drug-likeness (QED) is 0.922. The highest BCUT2D eigenvalue weighted by atomic mass is 79.9. The molecule has 1 aromatic heterocycles. The van der Waals surface area contributed by atoms with Crippen molar-refractivity contribution in [1.29, 1.82) is 0 Å². The molecule has 3 nitrogen and oxygen atoms in total. The largest absolute Gasteiger partial charge is 0.457 e. The third-order valence-electron chi connectivity index (χ3n) is 3.54. The van der Waals surface area contributed by atoms with Crippen LogP contribution in [0.1, 0.15) is 27.9 Å². The van der Waals surface area contributed by atoms with Gasteiger partial charge in [0.05, 0.1) is 11.8 Å². The van der Waals surface area contributed by atoms with Crippen LogP contribution in [0.3, 0.4) is 0 Å². The Bertz CT molecular complexity index is 606. The van der Waals surface area contributed by atoms with Gasteiger partial charge in [-0.15, -0.1) is 0 Å². The van der Waals surface area contributed by atoms with E-state index in [-0.39, 0.29) is 11.9 Å². The lowest BCUT2D eigenvalue weighted by Crippen LogP contribution is -2.38. The van der Waals surface area contributed by atoms with Crippen LogP contribution in [0, 0.1) is 0 Å². The molecule has 0 saturated carbocycles. The van der Waals surface area contributed by atoms with Gasteiger partial charge in [-0.25, -0.2) is 0 Å². The second-order valence-corrected chi connectivity index (χ2v) is 5.51. The molecule has 98 valence electrons. The first-order chi connectivity index (χ1) is 9.24. The minimum absolute atomic E-state index is 0.0787. The maximum Gasteiger partial charge on any atom is 0.255 e. The van der Waals surface area contributed by atoms with Crippen molar-refractivity contribution in [1.82, 2.24) is 5.32 Å². The van der Waals surface area contributed by atoms with E-state index in [1.807, 2.05) is 0 Å². The van der Waals surface area contributed by atoms with Gasteiger partial charge in [0.1, 0.15) is 0 Å². The number of rotatable bonds is 2. The number of hydrogen-bond donors (Lipinski definition) is 1. The zero-order valence-corrected chi connectivity index (χ0v) is 11.9. The van der Waals surface area contributed by atoms with Gasteiger partial charge in [-0.05, 0) is 52.4 Å². The van der Waals surface area contributed by atoms with Gasteiger partial charge in [-0.3, -0.25) is 4.79 Å². The standard InChI is InChI=1S/C15H14BrNO2/c16-14-13(7-8-19-14)15(18)17-12-6-5-10-3-1-2-4-11(10)9-12/h1-4,7-8,12H,5-6,9H2,(H,17,18). The van der Waals surface area contributed by atoms with E-state index in [1.54, 1.807) is 6.07 Å². The SMILES string of the molecule is O=C(NC1CCc2ccccc2C1)c1ccoc1Br. The molecule has 1 amide bonds. The number of hydrogen-bond acceptors (Lipinski definition) is 2. The maximum atomic E-state index is 12.1. The first-order valence-corrected chi connectivity index (χ1v) is 7.14. The number of furan rings is 1. The number of carbonyl (C=O) groups excluding carboxylic acids is 1. The number of fused-ring (bicyclic) bond motifs is 1. The predicted molar refractivity (Wildman–Crippen MR) is 76.1 cm³/mol. The molecule has 1 heterocycles. The molecule has 1 aliphatic carbocycles. The summed E-state index contributed by atoms with van der Waals surface area (Å²) < 4.78 is 5.57. The summed E-state index contributed by atoms with van der Waals surface area (Å²) in [4.78, 5) is 12.1. The summed E-state index contributed by atoms with van der Waals surface area (Å²) in [5.74, 6) is -0.0787. The number of nitrogens with one attached hydrogen (secondary N) is 1. The second-order valence-electron chi connectivity index (χ2n) is 4.79. The Morgan fingerprint density at radius 2 is 2.05 bits per heavy atom. The molecule has 1 N–H and O–H groups in total. The lowest BCUT2D eigenvalue weighted by molar-refractivity contribution is 0.0932. The van der Waals surface area contributed by atoms with Gasteiger partial charge in [0.2, 0.25) is 0 Å². The number of benzene rings is 1. The Labute approximate surface area is 120 Å². The lowest BCUT2D eigenvalue weighted by Gasteiger charge is -2.25. The molecule has 1 aromatic carbocycles. The van der Waals surface area contributed by atoms with E-state index in [0.717, 1.165) is 19.3 Å². The van der Waals surface area contributed by atoms with Crippen molar-refractivity contribution < 1.29 is 9.21 Å². The molecule has 4 heteroatoms. The first-order valence-electron chi connectivity index (χ1n) is 6.34. The average molecular weight is 320 g/mol. The number of halogens is 1. The van der Waals surface area contributed by atoms with Crippen LogP contribution in [0.4, 0.5) is 0 Å². The monoisotopic (exact) mass is 319 g/mol. The molecule has 0 bridgehead atoms. The lowest BCUT2D eigenvalue weighted by atomic mass is 9.88. The van der Waals surface area contributed by atoms with Crippen molar-refractivity contribution in [2.75, 3.05) is 0 Å². The minimum atomic E-state index is -0.0787. The topological polar surface area (TPSA) is 42.2 Å². The van der Waals surface area contributed by atoms with Crippen molar-refractivity contribution in [3.63, 3.8) is 0 Å². The zero-order chi connectivity index (χ0) is 13.2. The van der Waals surface area contributed by atoms with Crippen molar-refractivity contribution in [3.8, 4) is 0 Å². The second kappa shape index (κ2) is 5.21. The molecule has 1 unspecified atom stereocenters. The summed E-state index contributed by atoms with van der Waals surface area (Å²) in [7, 11) is 0. The van der Waals surface area contributed by atoms with Gasteiger partial charge in [-0.1, -0.05) is 24.3 Å². The fourth-order valence-corrected chi connectivity index (χ4v) is 2.96. The molecule has 3 rings (SSSR count). The third kappa shape index (κ3) is 2.59. The highest BCUT2D eigenvalue weighted by molar-refractivity contribution is 9.10. The van der Waals surface area contributed by atoms with Crippen LogP contribution in [0.25, 0.3) is 0 Å².